The Kier molecular flexibility index (Phi) is 7.73. The van der Waals surface area contributed by atoms with Gasteiger partial charge in [0.25, 0.3) is 5.56 Å². The van der Waals surface area contributed by atoms with Crippen molar-refractivity contribution < 1.29 is 14.9 Å². The summed E-state index contributed by atoms with van der Waals surface area (Å²) >= 11 is 0. The average molecular weight is 386 g/mol. The molecule has 0 fully saturated rings. The molecule has 0 bridgehead atoms. The Morgan fingerprint density at radius 1 is 1.14 bits per heavy atom. The zero-order valence-corrected chi connectivity index (χ0v) is 17.3. The molecule has 0 aliphatic rings. The molecule has 0 aliphatic carbocycles. The lowest BCUT2D eigenvalue weighted by molar-refractivity contribution is 0.361. The third-order valence-electron chi connectivity index (χ3n) is 4.70. The summed E-state index contributed by atoms with van der Waals surface area (Å²) in [5.74, 6) is -0.364. The molecule has 0 atom stereocenters. The highest BCUT2D eigenvalue weighted by atomic mass is 16.5. The van der Waals surface area contributed by atoms with Gasteiger partial charge >= 0.3 is 0 Å². The maximum atomic E-state index is 12.4. The number of allylic oxidation sites excluding steroid dienone is 3. The number of hydrogen-bond acceptors (Lipinski definition) is 4. The van der Waals surface area contributed by atoms with Crippen LogP contribution >= 0.6 is 0 Å². The number of unbranched alkanes of at least 4 members (excludes halogenated alkanes) is 1. The van der Waals surface area contributed by atoms with Crippen LogP contribution in [-0.2, 0) is 6.54 Å². The molecule has 0 radical (unpaired) electrons. The van der Waals surface area contributed by atoms with E-state index >= 15 is 0 Å². The van der Waals surface area contributed by atoms with Crippen LogP contribution in [0, 0.1) is 0 Å². The van der Waals surface area contributed by atoms with E-state index in [9.17, 15) is 15.0 Å². The maximum absolute atomic E-state index is 12.4. The molecule has 1 heterocycles. The highest BCUT2D eigenvalue weighted by Crippen LogP contribution is 2.32. The molecule has 28 heavy (non-hydrogen) atoms. The highest BCUT2D eigenvalue weighted by Gasteiger charge is 2.15. The lowest BCUT2D eigenvalue weighted by Crippen LogP contribution is -2.20. The van der Waals surface area contributed by atoms with Crippen LogP contribution in [0.1, 0.15) is 53.4 Å². The smallest absolute Gasteiger partial charge is 0.297 e. The second-order valence-corrected chi connectivity index (χ2v) is 7.37. The Morgan fingerprint density at radius 2 is 1.89 bits per heavy atom. The molecule has 2 aromatic rings. The number of ether oxygens (including phenoxy) is 1. The van der Waals surface area contributed by atoms with Gasteiger partial charge in [0.15, 0.2) is 5.75 Å². The van der Waals surface area contributed by atoms with Crippen LogP contribution in [0.2, 0.25) is 0 Å². The van der Waals surface area contributed by atoms with Crippen LogP contribution in [0.3, 0.4) is 0 Å². The molecular formula is C23H31NO4. The first kappa shape index (κ1) is 21.6. The van der Waals surface area contributed by atoms with Gasteiger partial charge in [0, 0.05) is 18.0 Å². The molecule has 5 nitrogen and oxygen atoms in total. The molecule has 5 heteroatoms. The summed E-state index contributed by atoms with van der Waals surface area (Å²) in [4.78, 5) is 12.4. The van der Waals surface area contributed by atoms with Crippen molar-refractivity contribution in [2.45, 2.75) is 59.9 Å². The number of aromatic nitrogens is 1. The number of pyridine rings is 1. The van der Waals surface area contributed by atoms with Gasteiger partial charge in [-0.25, -0.2) is 0 Å². The van der Waals surface area contributed by atoms with Gasteiger partial charge in [0.05, 0.1) is 5.52 Å². The predicted molar refractivity (Wildman–Crippen MR) is 114 cm³/mol. The summed E-state index contributed by atoms with van der Waals surface area (Å²) in [6.45, 7) is 9.24. The first-order valence-corrected chi connectivity index (χ1v) is 9.85. The number of fused-ring (bicyclic) bond motifs is 1. The summed E-state index contributed by atoms with van der Waals surface area (Å²) in [7, 11) is 0. The number of rotatable bonds is 9. The Hall–Kier alpha value is -2.69. The van der Waals surface area contributed by atoms with Crippen molar-refractivity contribution in [3.63, 3.8) is 0 Å². The average Bonchev–Trinajstić information content (AvgIpc) is 2.66. The van der Waals surface area contributed by atoms with E-state index in [0.29, 0.717) is 29.8 Å². The van der Waals surface area contributed by atoms with Gasteiger partial charge < -0.3 is 19.5 Å². The Bertz CT molecular complexity index is 934. The molecule has 0 saturated heterocycles. The fourth-order valence-electron chi connectivity index (χ4n) is 3.00. The lowest BCUT2D eigenvalue weighted by Gasteiger charge is -2.14. The van der Waals surface area contributed by atoms with E-state index in [0.717, 1.165) is 25.7 Å². The minimum Gasteiger partial charge on any atom is -0.504 e. The fourth-order valence-corrected chi connectivity index (χ4v) is 3.00. The van der Waals surface area contributed by atoms with Crippen molar-refractivity contribution in [1.82, 2.24) is 4.57 Å². The molecule has 0 aliphatic heterocycles. The number of benzene rings is 1. The van der Waals surface area contributed by atoms with Gasteiger partial charge in [-0.2, -0.15) is 0 Å². The van der Waals surface area contributed by atoms with E-state index in [2.05, 4.69) is 32.9 Å². The molecule has 2 rings (SSSR count). The van der Waals surface area contributed by atoms with Crippen LogP contribution in [0.5, 0.6) is 17.2 Å². The Morgan fingerprint density at radius 3 is 2.57 bits per heavy atom. The molecule has 1 aromatic carbocycles. The first-order chi connectivity index (χ1) is 13.3. The van der Waals surface area contributed by atoms with Crippen LogP contribution in [0.4, 0.5) is 0 Å². The van der Waals surface area contributed by atoms with Crippen LogP contribution < -0.4 is 10.3 Å². The normalized spacial score (nSPS) is 11.6. The lowest BCUT2D eigenvalue weighted by atomic mass is 10.1. The largest absolute Gasteiger partial charge is 0.504 e. The molecule has 0 spiro atoms. The van der Waals surface area contributed by atoms with Crippen molar-refractivity contribution >= 4 is 10.9 Å². The Labute approximate surface area is 166 Å². The minimum atomic E-state index is -0.604. The zero-order valence-electron chi connectivity index (χ0n) is 17.3. The van der Waals surface area contributed by atoms with Gasteiger partial charge in [-0.3, -0.25) is 4.79 Å². The SMILES string of the molecule is CCCCn1c(=O)c(O)c(O)c2ccc(OC/C=C(\C)CCC=C(C)C)cc21. The number of hydrogen-bond donors (Lipinski definition) is 2. The van der Waals surface area contributed by atoms with Gasteiger partial charge in [-0.1, -0.05) is 30.6 Å². The summed E-state index contributed by atoms with van der Waals surface area (Å²) in [6, 6.07) is 5.16. The van der Waals surface area contributed by atoms with Crippen molar-refractivity contribution in [2.24, 2.45) is 0 Å². The number of aromatic hydroxyl groups is 2. The second kappa shape index (κ2) is 10.0. The summed E-state index contributed by atoms with van der Waals surface area (Å²) < 4.78 is 7.33. The van der Waals surface area contributed by atoms with Crippen LogP contribution in [0.25, 0.3) is 10.9 Å². The first-order valence-electron chi connectivity index (χ1n) is 9.85. The van der Waals surface area contributed by atoms with E-state index in [1.165, 1.54) is 15.7 Å². The van der Waals surface area contributed by atoms with Gasteiger partial charge in [0.2, 0.25) is 5.75 Å². The molecule has 0 amide bonds. The van der Waals surface area contributed by atoms with Gasteiger partial charge in [-0.05, 0) is 58.2 Å². The molecular weight excluding hydrogens is 354 g/mol. The zero-order chi connectivity index (χ0) is 20.7. The van der Waals surface area contributed by atoms with Crippen LogP contribution in [0.15, 0.2) is 46.3 Å². The van der Waals surface area contributed by atoms with Crippen molar-refractivity contribution in [3.05, 3.63) is 51.9 Å². The topological polar surface area (TPSA) is 71.7 Å². The second-order valence-electron chi connectivity index (χ2n) is 7.37. The molecule has 1 aromatic heterocycles. The van der Waals surface area contributed by atoms with E-state index in [1.807, 2.05) is 6.92 Å². The van der Waals surface area contributed by atoms with Crippen molar-refractivity contribution in [3.8, 4) is 17.2 Å². The molecule has 2 N–H and O–H groups in total. The van der Waals surface area contributed by atoms with Gasteiger partial charge in [-0.15, -0.1) is 0 Å². The van der Waals surface area contributed by atoms with Crippen molar-refractivity contribution in [2.75, 3.05) is 6.61 Å². The van der Waals surface area contributed by atoms with Crippen molar-refractivity contribution in [1.29, 1.82) is 0 Å². The van der Waals surface area contributed by atoms with Crippen LogP contribution in [-0.4, -0.2) is 21.4 Å². The third-order valence-corrected chi connectivity index (χ3v) is 4.70. The standard InChI is InChI=1S/C23H31NO4/c1-5-6-13-24-20-15-18(10-11-19(20)21(25)22(26)23(24)27)28-14-12-17(4)9-7-8-16(2)3/h8,10-12,15,25-26H,5-7,9,13-14H2,1-4H3/b17-12+. The number of nitrogens with zero attached hydrogens (tertiary/aromatic N) is 1. The van der Waals surface area contributed by atoms with E-state index < -0.39 is 11.3 Å². The maximum Gasteiger partial charge on any atom is 0.297 e. The minimum absolute atomic E-state index is 0.380. The molecule has 0 saturated carbocycles. The van der Waals surface area contributed by atoms with E-state index in [-0.39, 0.29) is 5.75 Å². The predicted octanol–water partition coefficient (Wildman–Crippen LogP) is 5.28. The monoisotopic (exact) mass is 385 g/mol. The third kappa shape index (κ3) is 5.41. The molecule has 0 unspecified atom stereocenters. The van der Waals surface area contributed by atoms with Gasteiger partial charge in [0.1, 0.15) is 12.4 Å². The fraction of sp³-hybridized carbons (Fsp3) is 0.435. The number of aryl methyl sites for hydroxylation is 1. The summed E-state index contributed by atoms with van der Waals surface area (Å²) in [6.07, 6.45) is 8.02. The summed E-state index contributed by atoms with van der Waals surface area (Å²) in [5.41, 5.74) is 2.57. The van der Waals surface area contributed by atoms with E-state index in [4.69, 9.17) is 4.74 Å². The molecule has 152 valence electrons. The Balaban J connectivity index is 2.22. The quantitative estimate of drug-likeness (QED) is 0.576. The highest BCUT2D eigenvalue weighted by molar-refractivity contribution is 5.88. The van der Waals surface area contributed by atoms with E-state index in [1.54, 1.807) is 18.2 Å². The summed E-state index contributed by atoms with van der Waals surface area (Å²) in [5, 5.41) is 20.5.